The van der Waals surface area contributed by atoms with Crippen molar-refractivity contribution in [2.24, 2.45) is 0 Å². The van der Waals surface area contributed by atoms with E-state index in [1.807, 2.05) is 0 Å². The number of carbonyl (C=O) groups excluding carboxylic acids is 4. The maximum Gasteiger partial charge on any atom is 0.337 e. The number of nitrogens with zero attached hydrogens (tertiary/aromatic N) is 1. The number of benzene rings is 2. The molecule has 8 nitrogen and oxygen atoms in total. The van der Waals surface area contributed by atoms with Crippen LogP contribution in [-0.2, 0) is 9.53 Å². The molecule has 29 heavy (non-hydrogen) atoms. The molecule has 9 heteroatoms. The molecule has 1 heterocycles. The number of anilines is 1. The molecule has 0 spiro atoms. The van der Waals surface area contributed by atoms with Crippen molar-refractivity contribution in [3.63, 3.8) is 0 Å². The summed E-state index contributed by atoms with van der Waals surface area (Å²) >= 11 is 5.09. The first-order chi connectivity index (χ1) is 13.9. The van der Waals surface area contributed by atoms with Crippen molar-refractivity contribution in [1.82, 2.24) is 10.2 Å². The zero-order valence-electron chi connectivity index (χ0n) is 15.4. The highest BCUT2D eigenvalue weighted by atomic mass is 32.1. The highest BCUT2D eigenvalue weighted by Crippen LogP contribution is 2.22. The lowest BCUT2D eigenvalue weighted by molar-refractivity contribution is -0.119. The zero-order chi connectivity index (χ0) is 21.0. The predicted octanol–water partition coefficient (Wildman–Crippen LogP) is 1.97. The third kappa shape index (κ3) is 4.46. The second kappa shape index (κ2) is 8.61. The van der Waals surface area contributed by atoms with Crippen molar-refractivity contribution >= 4 is 46.7 Å². The molecule has 2 aromatic rings. The number of hydrogen-bond donors (Lipinski definition) is 2. The number of imide groups is 1. The molecule has 0 unspecified atom stereocenters. The monoisotopic (exact) mass is 411 g/mol. The summed E-state index contributed by atoms with van der Waals surface area (Å²) in [4.78, 5) is 49.1. The van der Waals surface area contributed by atoms with Gasteiger partial charge < -0.3 is 15.4 Å². The summed E-state index contributed by atoms with van der Waals surface area (Å²) < 4.78 is 4.62. The van der Waals surface area contributed by atoms with E-state index in [-0.39, 0.29) is 18.1 Å². The summed E-state index contributed by atoms with van der Waals surface area (Å²) in [6.45, 7) is -0.0470. The first-order valence-corrected chi connectivity index (χ1v) is 9.06. The van der Waals surface area contributed by atoms with Crippen molar-refractivity contribution < 1.29 is 23.9 Å². The Morgan fingerprint density at radius 3 is 2.14 bits per heavy atom. The van der Waals surface area contributed by atoms with Crippen LogP contribution in [-0.4, -0.2) is 47.4 Å². The van der Waals surface area contributed by atoms with Crippen molar-refractivity contribution in [2.45, 2.75) is 6.42 Å². The Labute approximate surface area is 171 Å². The molecule has 1 aliphatic heterocycles. The van der Waals surface area contributed by atoms with Gasteiger partial charge in [-0.2, -0.15) is 0 Å². The SMILES string of the molecule is COC(=O)c1ccc(NC(=S)NC(=O)CCN2C(=O)c3ccccc3C2=O)cc1. The van der Waals surface area contributed by atoms with Crippen LogP contribution in [0.5, 0.6) is 0 Å². The Balaban J connectivity index is 1.50. The van der Waals surface area contributed by atoms with Crippen LogP contribution in [0.2, 0.25) is 0 Å². The van der Waals surface area contributed by atoms with Crippen LogP contribution in [0.3, 0.4) is 0 Å². The van der Waals surface area contributed by atoms with Crippen molar-refractivity contribution in [2.75, 3.05) is 19.0 Å². The lowest BCUT2D eigenvalue weighted by Crippen LogP contribution is -2.38. The number of rotatable bonds is 5. The fourth-order valence-corrected chi connectivity index (χ4v) is 3.05. The van der Waals surface area contributed by atoms with Gasteiger partial charge in [0, 0.05) is 18.7 Å². The van der Waals surface area contributed by atoms with E-state index in [4.69, 9.17) is 12.2 Å². The average molecular weight is 411 g/mol. The quantitative estimate of drug-likeness (QED) is 0.440. The van der Waals surface area contributed by atoms with Crippen LogP contribution in [0.1, 0.15) is 37.5 Å². The van der Waals surface area contributed by atoms with Gasteiger partial charge in [0.05, 0.1) is 23.8 Å². The van der Waals surface area contributed by atoms with Gasteiger partial charge in [-0.3, -0.25) is 19.3 Å². The smallest absolute Gasteiger partial charge is 0.337 e. The summed E-state index contributed by atoms with van der Waals surface area (Å²) in [5.41, 5.74) is 1.63. The number of hydrogen-bond acceptors (Lipinski definition) is 6. The lowest BCUT2D eigenvalue weighted by atomic mass is 10.1. The first-order valence-electron chi connectivity index (χ1n) is 8.65. The molecule has 0 saturated carbocycles. The van der Waals surface area contributed by atoms with Crippen LogP contribution in [0.15, 0.2) is 48.5 Å². The van der Waals surface area contributed by atoms with Crippen LogP contribution in [0, 0.1) is 0 Å². The number of ether oxygens (including phenoxy) is 1. The van der Waals surface area contributed by atoms with E-state index in [0.29, 0.717) is 22.4 Å². The van der Waals surface area contributed by atoms with E-state index in [2.05, 4.69) is 15.4 Å². The Bertz CT molecular complexity index is 968. The van der Waals surface area contributed by atoms with Gasteiger partial charge in [-0.1, -0.05) is 12.1 Å². The summed E-state index contributed by atoms with van der Waals surface area (Å²) in [5, 5.41) is 5.37. The number of amides is 3. The Morgan fingerprint density at radius 2 is 1.59 bits per heavy atom. The molecule has 0 radical (unpaired) electrons. The standard InChI is InChI=1S/C20H17N3O5S/c1-28-19(27)12-6-8-13(9-7-12)21-20(29)22-16(24)10-11-23-17(25)14-4-2-3-5-15(14)18(23)26/h2-9H,10-11H2,1H3,(H2,21,22,24,29). The molecular formula is C20H17N3O5S. The second-order valence-electron chi connectivity index (χ2n) is 6.13. The van der Waals surface area contributed by atoms with E-state index < -0.39 is 23.7 Å². The minimum Gasteiger partial charge on any atom is -0.465 e. The molecule has 1 aliphatic rings. The highest BCUT2D eigenvalue weighted by Gasteiger charge is 2.34. The zero-order valence-corrected chi connectivity index (χ0v) is 16.2. The summed E-state index contributed by atoms with van der Waals surface area (Å²) in [7, 11) is 1.29. The van der Waals surface area contributed by atoms with Gasteiger partial charge in [0.1, 0.15) is 0 Å². The molecule has 2 N–H and O–H groups in total. The van der Waals surface area contributed by atoms with Gasteiger partial charge in [0.25, 0.3) is 11.8 Å². The molecule has 0 aromatic heterocycles. The number of esters is 1. The second-order valence-corrected chi connectivity index (χ2v) is 6.54. The van der Waals surface area contributed by atoms with Crippen LogP contribution in [0.25, 0.3) is 0 Å². The number of nitrogens with one attached hydrogen (secondary N) is 2. The first kappa shape index (κ1) is 20.2. The number of carbonyl (C=O) groups is 4. The number of methoxy groups -OCH3 is 1. The molecule has 0 bridgehead atoms. The van der Waals surface area contributed by atoms with Gasteiger partial charge >= 0.3 is 5.97 Å². The summed E-state index contributed by atoms with van der Waals surface area (Å²) in [5.74, 6) is -1.72. The van der Waals surface area contributed by atoms with E-state index >= 15 is 0 Å². The van der Waals surface area contributed by atoms with Gasteiger partial charge in [-0.25, -0.2) is 4.79 Å². The van der Waals surface area contributed by atoms with Crippen molar-refractivity contribution in [3.8, 4) is 0 Å². The minimum absolute atomic E-state index is 0.0470. The largest absolute Gasteiger partial charge is 0.465 e. The Morgan fingerprint density at radius 1 is 1.00 bits per heavy atom. The molecule has 2 aromatic carbocycles. The van der Waals surface area contributed by atoms with Crippen molar-refractivity contribution in [3.05, 3.63) is 65.2 Å². The number of thiocarbonyl (C=S) groups is 1. The van der Waals surface area contributed by atoms with Gasteiger partial charge in [-0.15, -0.1) is 0 Å². The van der Waals surface area contributed by atoms with Gasteiger partial charge in [0.2, 0.25) is 5.91 Å². The molecule has 3 amide bonds. The van der Waals surface area contributed by atoms with Crippen molar-refractivity contribution in [1.29, 1.82) is 0 Å². The Kier molecular flexibility index (Phi) is 5.99. The fraction of sp³-hybridized carbons (Fsp3) is 0.150. The third-order valence-electron chi connectivity index (χ3n) is 4.26. The molecule has 0 aliphatic carbocycles. The molecule has 0 saturated heterocycles. The summed E-state index contributed by atoms with van der Waals surface area (Å²) in [6, 6.07) is 12.9. The molecule has 148 valence electrons. The summed E-state index contributed by atoms with van der Waals surface area (Å²) in [6.07, 6.45) is -0.0887. The van der Waals surface area contributed by atoms with E-state index in [9.17, 15) is 19.2 Å². The average Bonchev–Trinajstić information content (AvgIpc) is 2.96. The highest BCUT2D eigenvalue weighted by molar-refractivity contribution is 7.80. The topological polar surface area (TPSA) is 105 Å². The van der Waals surface area contributed by atoms with E-state index in [1.54, 1.807) is 48.5 Å². The maximum atomic E-state index is 12.3. The minimum atomic E-state index is -0.458. The van der Waals surface area contributed by atoms with Gasteiger partial charge in [-0.05, 0) is 48.6 Å². The normalized spacial score (nSPS) is 12.4. The van der Waals surface area contributed by atoms with Crippen LogP contribution < -0.4 is 10.6 Å². The van der Waals surface area contributed by atoms with Crippen LogP contribution >= 0.6 is 12.2 Å². The molecular weight excluding hydrogens is 394 g/mol. The lowest BCUT2D eigenvalue weighted by Gasteiger charge is -2.14. The van der Waals surface area contributed by atoms with Crippen LogP contribution in [0.4, 0.5) is 5.69 Å². The molecule has 0 atom stereocenters. The third-order valence-corrected chi connectivity index (χ3v) is 4.46. The fourth-order valence-electron chi connectivity index (χ4n) is 2.81. The predicted molar refractivity (Wildman–Crippen MR) is 109 cm³/mol. The van der Waals surface area contributed by atoms with E-state index in [1.165, 1.54) is 7.11 Å². The van der Waals surface area contributed by atoms with Gasteiger partial charge in [0.15, 0.2) is 5.11 Å². The molecule has 3 rings (SSSR count). The Hall–Kier alpha value is -3.59. The van der Waals surface area contributed by atoms with E-state index in [0.717, 1.165) is 4.90 Å². The molecule has 0 fully saturated rings. The maximum absolute atomic E-state index is 12.3. The number of fused-ring (bicyclic) bond motifs is 1.